The molecule has 2 atom stereocenters. The third kappa shape index (κ3) is 0.800. The Kier molecular flexibility index (Phi) is 2.04. The van der Waals surface area contributed by atoms with E-state index < -0.39 is 0 Å². The molecule has 1 aliphatic rings. The molecule has 1 fully saturated rings. The van der Waals surface area contributed by atoms with Gasteiger partial charge in [0.15, 0.2) is 0 Å². The van der Waals surface area contributed by atoms with Gasteiger partial charge in [-0.25, -0.2) is 0 Å². The van der Waals surface area contributed by atoms with Crippen LogP contribution in [0.5, 0.6) is 0 Å². The average molecular weight is 141 g/mol. The first-order valence-corrected chi connectivity index (χ1v) is 4.43. The average Bonchev–Trinajstić information content (AvgIpc) is 1.91. The van der Waals surface area contributed by atoms with Gasteiger partial charge < -0.3 is 5.73 Å². The van der Waals surface area contributed by atoms with E-state index in [0.717, 1.165) is 5.92 Å². The van der Waals surface area contributed by atoms with Crippen molar-refractivity contribution >= 4 is 0 Å². The molecule has 0 spiro atoms. The predicted molar refractivity (Wildman–Crippen MR) is 44.8 cm³/mol. The summed E-state index contributed by atoms with van der Waals surface area (Å²) in [5, 5.41) is 0. The second-order valence-corrected chi connectivity index (χ2v) is 3.68. The zero-order valence-corrected chi connectivity index (χ0v) is 7.35. The van der Waals surface area contributed by atoms with Gasteiger partial charge in [-0.05, 0) is 30.6 Å². The van der Waals surface area contributed by atoms with Crippen LogP contribution in [0.3, 0.4) is 0 Å². The molecule has 0 amide bonds. The highest BCUT2D eigenvalue weighted by Gasteiger charge is 2.47. The lowest BCUT2D eigenvalue weighted by molar-refractivity contribution is 0.00332. The Labute approximate surface area is 64.0 Å². The fourth-order valence-corrected chi connectivity index (χ4v) is 2.53. The molecule has 0 aliphatic heterocycles. The van der Waals surface area contributed by atoms with Crippen LogP contribution in [0, 0.1) is 11.3 Å². The van der Waals surface area contributed by atoms with Crippen LogP contribution in [0.15, 0.2) is 0 Å². The molecule has 0 aromatic carbocycles. The van der Waals surface area contributed by atoms with Crippen molar-refractivity contribution in [3.05, 3.63) is 0 Å². The van der Waals surface area contributed by atoms with Gasteiger partial charge >= 0.3 is 0 Å². The fraction of sp³-hybridized carbons (Fsp3) is 1.00. The minimum absolute atomic E-state index is 0.484. The maximum Gasteiger partial charge on any atom is 0.0101 e. The first-order chi connectivity index (χ1) is 4.67. The molecule has 0 aromatic heterocycles. The third-order valence-corrected chi connectivity index (χ3v) is 3.64. The van der Waals surface area contributed by atoms with Gasteiger partial charge in [0, 0.05) is 6.04 Å². The molecule has 1 rings (SSSR count). The lowest BCUT2D eigenvalue weighted by Crippen LogP contribution is -2.56. The minimum atomic E-state index is 0.484. The number of hydrogen-bond donors (Lipinski definition) is 1. The predicted octanol–water partition coefficient (Wildman–Crippen LogP) is 2.16. The Morgan fingerprint density at radius 3 is 2.00 bits per heavy atom. The van der Waals surface area contributed by atoms with Crippen molar-refractivity contribution in [3.8, 4) is 0 Å². The first-order valence-electron chi connectivity index (χ1n) is 4.43. The van der Waals surface area contributed by atoms with E-state index in [0.29, 0.717) is 11.5 Å². The Morgan fingerprint density at radius 2 is 1.90 bits per heavy atom. The van der Waals surface area contributed by atoms with Crippen LogP contribution in [0.25, 0.3) is 0 Å². The number of nitrogens with two attached hydrogens (primary N) is 1. The zero-order chi connectivity index (χ0) is 7.78. The molecule has 0 radical (unpaired) electrons. The van der Waals surface area contributed by atoms with Crippen molar-refractivity contribution in [3.63, 3.8) is 0 Å². The van der Waals surface area contributed by atoms with Crippen LogP contribution in [0.4, 0.5) is 0 Å². The molecule has 10 heavy (non-hydrogen) atoms. The second-order valence-electron chi connectivity index (χ2n) is 3.68. The molecule has 60 valence electrons. The van der Waals surface area contributed by atoms with Gasteiger partial charge in [-0.1, -0.05) is 20.8 Å². The Hall–Kier alpha value is -0.0400. The summed E-state index contributed by atoms with van der Waals surface area (Å²) in [6.07, 6.45) is 3.75. The summed E-state index contributed by atoms with van der Waals surface area (Å²) in [7, 11) is 0. The van der Waals surface area contributed by atoms with Gasteiger partial charge in [0.05, 0.1) is 0 Å². The van der Waals surface area contributed by atoms with Gasteiger partial charge in [0.25, 0.3) is 0 Å². The van der Waals surface area contributed by atoms with Gasteiger partial charge in [-0.2, -0.15) is 0 Å². The normalized spacial score (nSPS) is 37.2. The summed E-state index contributed by atoms with van der Waals surface area (Å²) in [5.74, 6) is 0.859. The van der Waals surface area contributed by atoms with Crippen molar-refractivity contribution in [2.24, 2.45) is 17.1 Å². The standard InChI is InChI=1S/C9H19N/c1-4-9(5-2)7(3)6-8(9)10/h7-8H,4-6,10H2,1-3H3. The molecule has 0 bridgehead atoms. The quantitative estimate of drug-likeness (QED) is 0.626. The summed E-state index contributed by atoms with van der Waals surface area (Å²) in [5.41, 5.74) is 6.47. The van der Waals surface area contributed by atoms with Gasteiger partial charge in [0.2, 0.25) is 0 Å². The largest absolute Gasteiger partial charge is 0.327 e. The van der Waals surface area contributed by atoms with E-state index in [-0.39, 0.29) is 0 Å². The lowest BCUT2D eigenvalue weighted by Gasteiger charge is -2.53. The highest BCUT2D eigenvalue weighted by atomic mass is 14.8. The first kappa shape index (κ1) is 8.06. The van der Waals surface area contributed by atoms with E-state index in [1.54, 1.807) is 0 Å². The molecular weight excluding hydrogens is 122 g/mol. The van der Waals surface area contributed by atoms with E-state index in [1.807, 2.05) is 0 Å². The Bertz CT molecular complexity index is 106. The Balaban J connectivity index is 2.61. The Morgan fingerprint density at radius 1 is 1.40 bits per heavy atom. The number of rotatable bonds is 2. The van der Waals surface area contributed by atoms with Gasteiger partial charge in [0.1, 0.15) is 0 Å². The van der Waals surface area contributed by atoms with Crippen molar-refractivity contribution in [1.82, 2.24) is 0 Å². The van der Waals surface area contributed by atoms with Crippen molar-refractivity contribution < 1.29 is 0 Å². The molecular formula is C9H19N. The van der Waals surface area contributed by atoms with Crippen LogP contribution < -0.4 is 5.73 Å². The summed E-state index contributed by atoms with van der Waals surface area (Å²) in [6, 6.07) is 0.484. The maximum atomic E-state index is 5.97. The highest BCUT2D eigenvalue weighted by molar-refractivity contribution is 5.01. The van der Waals surface area contributed by atoms with E-state index in [1.165, 1.54) is 19.3 Å². The molecule has 0 saturated heterocycles. The van der Waals surface area contributed by atoms with Gasteiger partial charge in [-0.3, -0.25) is 0 Å². The van der Waals surface area contributed by atoms with Crippen LogP contribution in [-0.2, 0) is 0 Å². The summed E-state index contributed by atoms with van der Waals surface area (Å²) in [4.78, 5) is 0. The van der Waals surface area contributed by atoms with Crippen LogP contribution in [0.2, 0.25) is 0 Å². The van der Waals surface area contributed by atoms with E-state index in [4.69, 9.17) is 5.73 Å². The fourth-order valence-electron chi connectivity index (χ4n) is 2.53. The zero-order valence-electron chi connectivity index (χ0n) is 7.35. The molecule has 0 heterocycles. The third-order valence-electron chi connectivity index (χ3n) is 3.64. The molecule has 2 N–H and O–H groups in total. The van der Waals surface area contributed by atoms with E-state index >= 15 is 0 Å². The van der Waals surface area contributed by atoms with Crippen LogP contribution in [0.1, 0.15) is 40.0 Å². The van der Waals surface area contributed by atoms with Crippen molar-refractivity contribution in [2.45, 2.75) is 46.1 Å². The molecule has 1 heteroatoms. The summed E-state index contributed by atoms with van der Waals surface area (Å²) in [6.45, 7) is 6.86. The molecule has 1 aliphatic carbocycles. The van der Waals surface area contributed by atoms with Crippen molar-refractivity contribution in [1.29, 1.82) is 0 Å². The minimum Gasteiger partial charge on any atom is -0.327 e. The molecule has 0 aromatic rings. The molecule has 1 saturated carbocycles. The van der Waals surface area contributed by atoms with Gasteiger partial charge in [-0.15, -0.1) is 0 Å². The van der Waals surface area contributed by atoms with Crippen molar-refractivity contribution in [2.75, 3.05) is 0 Å². The summed E-state index contributed by atoms with van der Waals surface area (Å²) >= 11 is 0. The second kappa shape index (κ2) is 2.54. The van der Waals surface area contributed by atoms with E-state index in [9.17, 15) is 0 Å². The van der Waals surface area contributed by atoms with Crippen LogP contribution >= 0.6 is 0 Å². The lowest BCUT2D eigenvalue weighted by atomic mass is 9.55. The monoisotopic (exact) mass is 141 g/mol. The topological polar surface area (TPSA) is 26.0 Å². The smallest absolute Gasteiger partial charge is 0.0101 e. The van der Waals surface area contributed by atoms with Crippen LogP contribution in [-0.4, -0.2) is 6.04 Å². The highest BCUT2D eigenvalue weighted by Crippen LogP contribution is 2.50. The number of hydrogen-bond acceptors (Lipinski definition) is 1. The maximum absolute atomic E-state index is 5.97. The SMILES string of the molecule is CCC1(CC)C(C)CC1N. The molecule has 2 unspecified atom stereocenters. The van der Waals surface area contributed by atoms with E-state index in [2.05, 4.69) is 20.8 Å². The molecule has 1 nitrogen and oxygen atoms in total. The summed E-state index contributed by atoms with van der Waals surface area (Å²) < 4.78 is 0.